The first-order valence-electron chi connectivity index (χ1n) is 8.80. The summed E-state index contributed by atoms with van der Waals surface area (Å²) in [5, 5.41) is 0. The Morgan fingerprint density at radius 1 is 1.00 bits per heavy atom. The molecule has 0 aromatic carbocycles. The molecule has 0 saturated carbocycles. The van der Waals surface area contributed by atoms with Crippen molar-refractivity contribution in [1.82, 2.24) is 14.8 Å². The van der Waals surface area contributed by atoms with Crippen molar-refractivity contribution in [3.63, 3.8) is 0 Å². The summed E-state index contributed by atoms with van der Waals surface area (Å²) in [6.07, 6.45) is 12.0. The maximum atomic E-state index is 12.9. The molecule has 1 aromatic heterocycles. The van der Waals surface area contributed by atoms with E-state index in [2.05, 4.69) is 26.9 Å². The van der Waals surface area contributed by atoms with Crippen molar-refractivity contribution in [3.8, 4) is 0 Å². The number of rotatable bonds is 1. The lowest BCUT2D eigenvalue weighted by atomic mass is 9.85. The average Bonchev–Trinajstić information content (AvgIpc) is 2.85. The van der Waals surface area contributed by atoms with E-state index in [1.54, 1.807) is 0 Å². The fourth-order valence-corrected chi connectivity index (χ4v) is 4.65. The normalized spacial score (nSPS) is 31.4. The molecule has 3 atom stereocenters. The highest BCUT2D eigenvalue weighted by Crippen LogP contribution is 2.43. The van der Waals surface area contributed by atoms with Gasteiger partial charge in [-0.05, 0) is 68.6 Å². The zero-order valence-electron chi connectivity index (χ0n) is 13.2. The molecule has 0 radical (unpaired) electrons. The smallest absolute Gasteiger partial charge is 0.320 e. The van der Waals surface area contributed by atoms with E-state index in [1.807, 2.05) is 12.4 Å². The van der Waals surface area contributed by atoms with Crippen molar-refractivity contribution < 1.29 is 4.79 Å². The largest absolute Gasteiger partial charge is 0.325 e. The minimum Gasteiger partial charge on any atom is -0.325 e. The number of amides is 2. The van der Waals surface area contributed by atoms with Gasteiger partial charge in [0.25, 0.3) is 0 Å². The van der Waals surface area contributed by atoms with Gasteiger partial charge >= 0.3 is 6.03 Å². The number of nitrogens with zero attached hydrogens (tertiary/aromatic N) is 3. The maximum absolute atomic E-state index is 12.9. The van der Waals surface area contributed by atoms with Gasteiger partial charge < -0.3 is 9.80 Å². The van der Waals surface area contributed by atoms with Crippen LogP contribution in [0.15, 0.2) is 24.5 Å². The Hall–Kier alpha value is -1.58. The van der Waals surface area contributed by atoms with Crippen molar-refractivity contribution in [1.29, 1.82) is 0 Å². The van der Waals surface area contributed by atoms with Gasteiger partial charge in [-0.3, -0.25) is 4.98 Å². The number of pyridine rings is 1. The Morgan fingerprint density at radius 2 is 1.64 bits per heavy atom. The molecule has 118 valence electrons. The van der Waals surface area contributed by atoms with E-state index < -0.39 is 0 Å². The molecule has 3 fully saturated rings. The highest BCUT2D eigenvalue weighted by molar-refractivity contribution is 5.76. The number of likely N-dealkylation sites (tertiary alicyclic amines) is 1. The molecule has 2 amide bonds. The minimum absolute atomic E-state index is 0.320. The number of carbonyl (C=O) groups is 1. The summed E-state index contributed by atoms with van der Waals surface area (Å²) >= 11 is 0. The van der Waals surface area contributed by atoms with Crippen LogP contribution in [0.25, 0.3) is 0 Å². The monoisotopic (exact) mass is 299 g/mol. The van der Waals surface area contributed by atoms with E-state index in [0.717, 1.165) is 25.9 Å². The highest BCUT2D eigenvalue weighted by Gasteiger charge is 2.44. The summed E-state index contributed by atoms with van der Waals surface area (Å²) in [6, 6.07) is 5.51. The number of aromatic nitrogens is 1. The second-order valence-electron chi connectivity index (χ2n) is 7.07. The molecular formula is C18H25N3O. The van der Waals surface area contributed by atoms with Crippen LogP contribution in [0.5, 0.6) is 0 Å². The second kappa shape index (κ2) is 5.90. The summed E-state index contributed by atoms with van der Waals surface area (Å²) in [7, 11) is 0. The molecular weight excluding hydrogens is 274 g/mol. The van der Waals surface area contributed by atoms with E-state index in [1.165, 1.54) is 37.7 Å². The fraction of sp³-hybridized carbons (Fsp3) is 0.667. The van der Waals surface area contributed by atoms with E-state index >= 15 is 0 Å². The van der Waals surface area contributed by atoms with Crippen LogP contribution in [-0.4, -0.2) is 46.0 Å². The van der Waals surface area contributed by atoms with Crippen molar-refractivity contribution in [2.45, 2.75) is 62.9 Å². The molecule has 4 heterocycles. The van der Waals surface area contributed by atoms with Gasteiger partial charge in [-0.1, -0.05) is 0 Å². The summed E-state index contributed by atoms with van der Waals surface area (Å²) < 4.78 is 0. The first-order chi connectivity index (χ1) is 10.8. The molecule has 3 aliphatic rings. The third-order valence-corrected chi connectivity index (χ3v) is 5.76. The Bertz CT molecular complexity index is 512. The van der Waals surface area contributed by atoms with Crippen molar-refractivity contribution in [3.05, 3.63) is 30.1 Å². The molecule has 4 nitrogen and oxygen atoms in total. The van der Waals surface area contributed by atoms with E-state index in [4.69, 9.17) is 0 Å². The first kappa shape index (κ1) is 14.0. The van der Waals surface area contributed by atoms with Gasteiger partial charge in [-0.2, -0.15) is 0 Å². The second-order valence-corrected chi connectivity index (χ2v) is 7.07. The van der Waals surface area contributed by atoms with Crippen molar-refractivity contribution >= 4 is 6.03 Å². The molecule has 0 N–H and O–H groups in total. The molecule has 0 unspecified atom stereocenters. The molecule has 2 bridgehead atoms. The number of hydrogen-bond acceptors (Lipinski definition) is 2. The fourth-order valence-electron chi connectivity index (χ4n) is 4.65. The molecule has 3 aliphatic heterocycles. The average molecular weight is 299 g/mol. The summed E-state index contributed by atoms with van der Waals surface area (Å²) in [6.45, 7) is 1.92. The van der Waals surface area contributed by atoms with E-state index in [9.17, 15) is 4.79 Å². The number of fused-ring (bicyclic) bond motifs is 2. The summed E-state index contributed by atoms with van der Waals surface area (Å²) in [4.78, 5) is 21.4. The van der Waals surface area contributed by atoms with Gasteiger partial charge in [0, 0.05) is 37.6 Å². The van der Waals surface area contributed by atoms with Crippen molar-refractivity contribution in [2.75, 3.05) is 13.1 Å². The van der Waals surface area contributed by atoms with Crippen LogP contribution < -0.4 is 0 Å². The van der Waals surface area contributed by atoms with Gasteiger partial charge in [0.15, 0.2) is 0 Å². The van der Waals surface area contributed by atoms with E-state index in [-0.39, 0.29) is 0 Å². The van der Waals surface area contributed by atoms with Crippen LogP contribution in [0.1, 0.15) is 56.4 Å². The minimum atomic E-state index is 0.320. The highest BCUT2D eigenvalue weighted by atomic mass is 16.2. The van der Waals surface area contributed by atoms with Crippen LogP contribution >= 0.6 is 0 Å². The van der Waals surface area contributed by atoms with Gasteiger partial charge in [-0.15, -0.1) is 0 Å². The van der Waals surface area contributed by atoms with Crippen LogP contribution in [0.3, 0.4) is 0 Å². The standard InChI is InChI=1S/C18H25N3O/c22-18(20-10-2-1-3-11-20)21-16-4-5-17(21)13-15(12-16)14-6-8-19-9-7-14/h6-9,15-17H,1-5,10-13H2/t15-,16+,17-. The number of urea groups is 1. The third-order valence-electron chi connectivity index (χ3n) is 5.76. The predicted octanol–water partition coefficient (Wildman–Crippen LogP) is 3.40. The molecule has 0 aliphatic carbocycles. The Labute approximate surface area is 132 Å². The van der Waals surface area contributed by atoms with Gasteiger partial charge in [0.2, 0.25) is 0 Å². The molecule has 3 saturated heterocycles. The number of piperidine rings is 2. The molecule has 4 rings (SSSR count). The van der Waals surface area contributed by atoms with Crippen molar-refractivity contribution in [2.24, 2.45) is 0 Å². The topological polar surface area (TPSA) is 36.4 Å². The molecule has 1 aromatic rings. The molecule has 22 heavy (non-hydrogen) atoms. The van der Waals surface area contributed by atoms with Gasteiger partial charge in [0.05, 0.1) is 0 Å². The molecule has 4 heteroatoms. The van der Waals surface area contributed by atoms with Crippen LogP contribution in [0.2, 0.25) is 0 Å². The van der Waals surface area contributed by atoms with Crippen LogP contribution in [0.4, 0.5) is 4.79 Å². The Morgan fingerprint density at radius 3 is 2.27 bits per heavy atom. The molecule has 0 spiro atoms. The Kier molecular flexibility index (Phi) is 3.77. The third kappa shape index (κ3) is 2.49. The lowest BCUT2D eigenvalue weighted by Gasteiger charge is -2.42. The first-order valence-corrected chi connectivity index (χ1v) is 8.80. The lowest BCUT2D eigenvalue weighted by molar-refractivity contribution is 0.0991. The lowest BCUT2D eigenvalue weighted by Crippen LogP contribution is -2.53. The maximum Gasteiger partial charge on any atom is 0.320 e. The number of carbonyl (C=O) groups excluding carboxylic acids is 1. The summed E-state index contributed by atoms with van der Waals surface area (Å²) in [5.74, 6) is 0.603. The summed E-state index contributed by atoms with van der Waals surface area (Å²) in [5.41, 5.74) is 1.40. The van der Waals surface area contributed by atoms with Crippen LogP contribution in [0, 0.1) is 0 Å². The quantitative estimate of drug-likeness (QED) is 0.797. The SMILES string of the molecule is O=C(N1CCCCC1)N1[C@@H]2CC[C@H]1C[C@@H](c1ccncc1)C2. The Balaban J connectivity index is 1.48. The number of hydrogen-bond donors (Lipinski definition) is 0. The van der Waals surface area contributed by atoms with Crippen LogP contribution in [-0.2, 0) is 0 Å². The predicted molar refractivity (Wildman–Crippen MR) is 85.7 cm³/mol. The zero-order valence-corrected chi connectivity index (χ0v) is 13.2. The van der Waals surface area contributed by atoms with E-state index in [0.29, 0.717) is 24.0 Å². The van der Waals surface area contributed by atoms with Gasteiger partial charge in [-0.25, -0.2) is 4.79 Å². The zero-order chi connectivity index (χ0) is 14.9. The van der Waals surface area contributed by atoms with Gasteiger partial charge in [0.1, 0.15) is 0 Å².